The maximum absolute atomic E-state index is 15.2. The van der Waals surface area contributed by atoms with Crippen molar-refractivity contribution in [2.75, 3.05) is 85.6 Å². The molecule has 5 amide bonds. The summed E-state index contributed by atoms with van der Waals surface area (Å²) in [5, 5.41) is 38.3. The summed E-state index contributed by atoms with van der Waals surface area (Å²) in [5.74, 6) is -7.71. The SMILES string of the molecule is CCC(C)(C(=O)O)C(=O)NCC(=O)NCC(NC(=O)C(N)CCN(C(=O)CO)C(c1cc(-c2cc(F)ccc2F)cn1Cc1ccccc1)C(C)(C)C)C(=O)NCCOCCOCCOCCOCCC(=O)O. The molecule has 0 radical (unpaired) electrons. The molecule has 4 atom stereocenters. The molecule has 73 heavy (non-hydrogen) atoms. The van der Waals surface area contributed by atoms with E-state index in [2.05, 4.69) is 21.3 Å². The molecular formula is C50H71F2N7O14. The molecule has 23 heteroatoms. The number of aliphatic carboxylic acids is 2. The van der Waals surface area contributed by atoms with Gasteiger partial charge in [0.2, 0.25) is 29.5 Å². The zero-order chi connectivity index (χ0) is 54.1. The molecule has 21 nitrogen and oxygen atoms in total. The third-order valence-corrected chi connectivity index (χ3v) is 11.6. The van der Waals surface area contributed by atoms with E-state index in [1.54, 1.807) is 12.3 Å². The third kappa shape index (κ3) is 20.2. The summed E-state index contributed by atoms with van der Waals surface area (Å²) in [4.78, 5) is 90.1. The minimum Gasteiger partial charge on any atom is -0.481 e. The van der Waals surface area contributed by atoms with Gasteiger partial charge in [0.25, 0.3) is 0 Å². The second-order valence-corrected chi connectivity index (χ2v) is 18.2. The van der Waals surface area contributed by atoms with Gasteiger partial charge in [-0.05, 0) is 55.0 Å². The fourth-order valence-corrected chi connectivity index (χ4v) is 7.33. The van der Waals surface area contributed by atoms with Gasteiger partial charge in [-0.25, -0.2) is 8.78 Å². The fourth-order valence-electron chi connectivity index (χ4n) is 7.33. The molecule has 0 aliphatic heterocycles. The lowest BCUT2D eigenvalue weighted by molar-refractivity contribution is -0.155. The predicted octanol–water partition coefficient (Wildman–Crippen LogP) is 1.98. The molecule has 2 aromatic carbocycles. The number of carbonyl (C=O) groups excluding carboxylic acids is 5. The molecule has 1 aromatic heterocycles. The van der Waals surface area contributed by atoms with E-state index >= 15 is 4.39 Å². The van der Waals surface area contributed by atoms with Crippen LogP contribution in [0.4, 0.5) is 8.78 Å². The monoisotopic (exact) mass is 1030 g/mol. The Morgan fingerprint density at radius 1 is 0.795 bits per heavy atom. The van der Waals surface area contributed by atoms with Crippen molar-refractivity contribution in [2.45, 2.75) is 78.6 Å². The number of carbonyl (C=O) groups is 7. The average Bonchev–Trinajstić information content (AvgIpc) is 3.75. The van der Waals surface area contributed by atoms with Gasteiger partial charge in [0.1, 0.15) is 29.7 Å². The Hall–Kier alpha value is -6.37. The van der Waals surface area contributed by atoms with Crippen LogP contribution in [-0.4, -0.2) is 164 Å². The van der Waals surface area contributed by atoms with Crippen molar-refractivity contribution in [3.8, 4) is 11.1 Å². The smallest absolute Gasteiger partial charge is 0.318 e. The van der Waals surface area contributed by atoms with Crippen LogP contribution < -0.4 is 27.0 Å². The molecule has 0 aliphatic rings. The maximum atomic E-state index is 15.2. The van der Waals surface area contributed by atoms with E-state index in [-0.39, 0.29) is 97.3 Å². The van der Waals surface area contributed by atoms with Crippen LogP contribution in [0.5, 0.6) is 0 Å². The van der Waals surface area contributed by atoms with Crippen LogP contribution in [-0.2, 0) is 59.1 Å². The maximum Gasteiger partial charge on any atom is 0.318 e. The van der Waals surface area contributed by atoms with Gasteiger partial charge in [-0.15, -0.1) is 0 Å². The van der Waals surface area contributed by atoms with E-state index in [4.69, 9.17) is 29.8 Å². The van der Waals surface area contributed by atoms with E-state index in [9.17, 15) is 48.2 Å². The number of carboxylic acids is 2. The van der Waals surface area contributed by atoms with Crippen molar-refractivity contribution in [3.63, 3.8) is 0 Å². The van der Waals surface area contributed by atoms with Crippen LogP contribution in [0.15, 0.2) is 60.8 Å². The van der Waals surface area contributed by atoms with Gasteiger partial charge in [0.15, 0.2) is 0 Å². The van der Waals surface area contributed by atoms with Crippen molar-refractivity contribution in [2.24, 2.45) is 16.6 Å². The molecule has 3 aromatic rings. The van der Waals surface area contributed by atoms with Crippen LogP contribution in [0.3, 0.4) is 0 Å². The normalized spacial score (nSPS) is 13.5. The van der Waals surface area contributed by atoms with Crippen LogP contribution in [0.25, 0.3) is 11.1 Å². The number of nitrogens with one attached hydrogen (secondary N) is 4. The van der Waals surface area contributed by atoms with Crippen LogP contribution >= 0.6 is 0 Å². The van der Waals surface area contributed by atoms with E-state index in [1.165, 1.54) is 18.7 Å². The zero-order valence-electron chi connectivity index (χ0n) is 42.1. The second-order valence-electron chi connectivity index (χ2n) is 18.2. The van der Waals surface area contributed by atoms with Crippen LogP contribution in [0.1, 0.15) is 71.2 Å². The van der Waals surface area contributed by atoms with Gasteiger partial charge < -0.3 is 70.7 Å². The van der Waals surface area contributed by atoms with E-state index in [1.807, 2.05) is 55.7 Å². The Morgan fingerprint density at radius 2 is 1.41 bits per heavy atom. The van der Waals surface area contributed by atoms with Gasteiger partial charge in [-0.3, -0.25) is 33.6 Å². The number of aliphatic hydroxyl groups is 1. The average molecular weight is 1030 g/mol. The molecular weight excluding hydrogens is 961 g/mol. The largest absolute Gasteiger partial charge is 0.481 e. The summed E-state index contributed by atoms with van der Waals surface area (Å²) in [6.45, 7) is 7.72. The Balaban J connectivity index is 1.74. The van der Waals surface area contributed by atoms with Crippen molar-refractivity contribution >= 4 is 41.5 Å². The number of carboxylic acid groups (broad SMARTS) is 2. The first-order valence-electron chi connectivity index (χ1n) is 23.9. The van der Waals surface area contributed by atoms with Gasteiger partial charge in [-0.2, -0.15) is 0 Å². The highest BCUT2D eigenvalue weighted by Gasteiger charge is 2.40. The van der Waals surface area contributed by atoms with E-state index < -0.39 is 102 Å². The molecule has 0 saturated heterocycles. The highest BCUT2D eigenvalue weighted by atomic mass is 19.1. The second kappa shape index (κ2) is 30.6. The standard InChI is InChI=1S/C50H71F2N7O14/c1-6-50(5,48(68)69)47(67)56-29-41(61)55-28-39(46(66)54-16-19-71-21-23-73-25-24-72-22-20-70-18-15-43(63)64)57-45(65)38(53)14-17-59(42(62)32-60)44(49(2,3)4)40-26-34(36-27-35(51)12-13-37(36)52)31-58(40)30-33-10-8-7-9-11-33/h7-13,26-27,31,38-39,44,60H,6,14-25,28-30,32,53H2,1-5H3,(H,54,66)(H,55,61)(H,56,67)(H,57,65)(H,63,64)(H,68,69). The van der Waals surface area contributed by atoms with E-state index in [0.29, 0.717) is 11.3 Å². The topological polar surface area (TPSA) is 299 Å². The Kier molecular flexibility index (Phi) is 25.6. The van der Waals surface area contributed by atoms with Gasteiger partial charge in [-0.1, -0.05) is 58.0 Å². The quantitative estimate of drug-likeness (QED) is 0.0314. The molecule has 3 rings (SSSR count). The Morgan fingerprint density at radius 3 is 1.99 bits per heavy atom. The molecule has 0 aliphatic carbocycles. The number of hydrogen-bond acceptors (Lipinski definition) is 13. The number of rotatable bonds is 34. The summed E-state index contributed by atoms with van der Waals surface area (Å²) >= 11 is 0. The number of amides is 5. The number of ether oxygens (including phenoxy) is 4. The molecule has 9 N–H and O–H groups in total. The first-order valence-corrected chi connectivity index (χ1v) is 23.9. The summed E-state index contributed by atoms with van der Waals surface area (Å²) < 4.78 is 53.0. The summed E-state index contributed by atoms with van der Waals surface area (Å²) in [7, 11) is 0. The van der Waals surface area contributed by atoms with E-state index in [0.717, 1.165) is 23.8 Å². The lowest BCUT2D eigenvalue weighted by atomic mass is 9.82. The lowest BCUT2D eigenvalue weighted by Gasteiger charge is -2.41. The fraction of sp³-hybridized carbons (Fsp3) is 0.540. The zero-order valence-corrected chi connectivity index (χ0v) is 42.1. The van der Waals surface area contributed by atoms with Crippen LogP contribution in [0, 0.1) is 22.5 Å². The highest BCUT2D eigenvalue weighted by Crippen LogP contribution is 2.41. The lowest BCUT2D eigenvalue weighted by Crippen LogP contribution is -2.57. The number of aromatic nitrogens is 1. The molecule has 0 spiro atoms. The van der Waals surface area contributed by atoms with Gasteiger partial charge >= 0.3 is 11.9 Å². The van der Waals surface area contributed by atoms with Crippen molar-refractivity contribution in [1.29, 1.82) is 0 Å². The molecule has 404 valence electrons. The third-order valence-electron chi connectivity index (χ3n) is 11.6. The molecule has 0 saturated carbocycles. The first-order chi connectivity index (χ1) is 34.6. The minimum atomic E-state index is -1.81. The molecule has 0 bridgehead atoms. The van der Waals surface area contributed by atoms with Crippen molar-refractivity contribution in [1.82, 2.24) is 30.7 Å². The molecule has 1 heterocycles. The van der Waals surface area contributed by atoms with Crippen LogP contribution in [0.2, 0.25) is 0 Å². The number of halogens is 2. The van der Waals surface area contributed by atoms with Crippen molar-refractivity contribution < 1.29 is 76.6 Å². The summed E-state index contributed by atoms with van der Waals surface area (Å²) in [5.41, 5.74) is 5.54. The number of nitrogens with zero attached hydrogens (tertiary/aromatic N) is 2. The predicted molar refractivity (Wildman–Crippen MR) is 261 cm³/mol. The van der Waals surface area contributed by atoms with Crippen molar-refractivity contribution in [3.05, 3.63) is 83.7 Å². The Bertz CT molecular complexity index is 2280. The minimum absolute atomic E-state index is 0.00957. The number of benzene rings is 2. The number of nitrogens with two attached hydrogens (primary N) is 1. The highest BCUT2D eigenvalue weighted by molar-refractivity contribution is 6.02. The number of aliphatic hydroxyl groups excluding tert-OH is 1. The molecule has 0 fully saturated rings. The summed E-state index contributed by atoms with van der Waals surface area (Å²) in [6.07, 6.45) is 1.30. The van der Waals surface area contributed by atoms with Gasteiger partial charge in [0.05, 0.1) is 77.9 Å². The number of hydrogen-bond donors (Lipinski definition) is 8. The first kappa shape index (κ1) is 60.9. The van der Waals surface area contributed by atoms with Gasteiger partial charge in [0, 0.05) is 49.2 Å². The molecule has 4 unspecified atom stereocenters. The Labute approximate surface area is 423 Å². The summed E-state index contributed by atoms with van der Waals surface area (Å²) in [6, 6.07) is 10.4.